The van der Waals surface area contributed by atoms with E-state index in [0.717, 1.165) is 90.2 Å². The highest BCUT2D eigenvalue weighted by Crippen LogP contribution is 2.46. The Labute approximate surface area is 423 Å². The van der Waals surface area contributed by atoms with Crippen LogP contribution in [-0.2, 0) is 74.9 Å². The first kappa shape index (κ1) is 53.8. The minimum Gasteiger partial charge on any atom is -0.494 e. The van der Waals surface area contributed by atoms with Gasteiger partial charge in [-0.1, -0.05) is 153 Å². The summed E-state index contributed by atoms with van der Waals surface area (Å²) in [5.41, 5.74) is 10.9. The molecule has 0 bridgehead atoms. The Morgan fingerprint density at radius 2 is 0.865 bits per heavy atom. The molecule has 378 valence electrons. The number of carbonyl (C=O) groups excluding carboxylic acids is 2. The minimum atomic E-state index is -1.29. The third-order valence-electron chi connectivity index (χ3n) is 11.1. The fraction of sp³-hybridized carbons (Fsp3) is 0.179. The van der Waals surface area contributed by atoms with Crippen LogP contribution in [0.25, 0.3) is 66.1 Å². The number of benzene rings is 7. The highest BCUT2D eigenvalue weighted by atomic mass is 18.0. The van der Waals surface area contributed by atoms with Crippen LogP contribution in [0.1, 0.15) is 56.6 Å². The smallest absolute Gasteiger partial charge is 0.421 e. The van der Waals surface area contributed by atoms with Crippen LogP contribution in [0.15, 0.2) is 133 Å². The van der Waals surface area contributed by atoms with Gasteiger partial charge in [0.25, 0.3) is 0 Å². The second-order valence-corrected chi connectivity index (χ2v) is 16.0. The maximum Gasteiger partial charge on any atom is 0.421 e. The maximum absolute atomic E-state index is 12.7. The van der Waals surface area contributed by atoms with Crippen molar-refractivity contribution in [3.63, 3.8) is 0 Å². The first-order chi connectivity index (χ1) is 36.3. The number of carbonyl (C=O) groups is 2. The van der Waals surface area contributed by atoms with Crippen LogP contribution in [0.5, 0.6) is 11.5 Å². The van der Waals surface area contributed by atoms with Gasteiger partial charge in [0.15, 0.2) is 0 Å². The third-order valence-corrected chi connectivity index (χ3v) is 11.1. The number of fused-ring (bicyclic) bond motifs is 2. The van der Waals surface area contributed by atoms with E-state index in [2.05, 4.69) is 225 Å². The van der Waals surface area contributed by atoms with Crippen LogP contribution in [0.4, 0.5) is 0 Å². The van der Waals surface area contributed by atoms with E-state index in [-0.39, 0.29) is 5.75 Å². The van der Waals surface area contributed by atoms with Crippen LogP contribution in [0.3, 0.4) is 0 Å². The molecule has 0 fully saturated rings. The zero-order valence-corrected chi connectivity index (χ0v) is 40.0. The van der Waals surface area contributed by atoms with Crippen molar-refractivity contribution in [1.82, 2.24) is 0 Å². The van der Waals surface area contributed by atoms with E-state index < -0.39 is 11.9 Å². The van der Waals surface area contributed by atoms with Crippen molar-refractivity contribution < 1.29 is 89.7 Å². The molecule has 0 radical (unpaired) electrons. The van der Waals surface area contributed by atoms with E-state index in [1.807, 2.05) is 18.1 Å². The van der Waals surface area contributed by atoms with Crippen molar-refractivity contribution in [1.29, 1.82) is 0 Å². The molecule has 0 unspecified atom stereocenters. The molecule has 0 saturated carbocycles. The largest absolute Gasteiger partial charge is 0.494 e. The fourth-order valence-corrected chi connectivity index (χ4v) is 7.76. The number of rotatable bonds is 25. The first-order valence-corrected chi connectivity index (χ1v) is 22.9. The second kappa shape index (κ2) is 28.9. The van der Waals surface area contributed by atoms with Gasteiger partial charge in [-0.3, -0.25) is 4.89 Å². The summed E-state index contributed by atoms with van der Waals surface area (Å²) in [6.45, 7) is 7.09. The Kier molecular flexibility index (Phi) is 21.0. The average Bonchev–Trinajstić information content (AvgIpc) is 3.42. The maximum atomic E-state index is 12.7. The SMILES string of the molecule is CCCCCCCCOc1ccc(-c2c3ccc(C)cc3c(-c3ccc(OC(=O)C#CC#CC#CC(=O)OOOOOOOOOOOOOO)cc3)c3ccc(-c4ccc(-c5ccc(C)cc5)cc4)cc23)cc1. The lowest BCUT2D eigenvalue weighted by molar-refractivity contribution is -0.874. The summed E-state index contributed by atoms with van der Waals surface area (Å²) < 4.78 is 11.7. The van der Waals surface area contributed by atoms with Gasteiger partial charge in [-0.15, -0.1) is 0 Å². The van der Waals surface area contributed by atoms with Crippen molar-refractivity contribution in [3.8, 4) is 91.5 Å². The van der Waals surface area contributed by atoms with Crippen molar-refractivity contribution in [2.45, 2.75) is 59.3 Å². The molecule has 0 amide bonds. The molecule has 74 heavy (non-hydrogen) atoms. The van der Waals surface area contributed by atoms with E-state index in [1.54, 1.807) is 12.1 Å². The van der Waals surface area contributed by atoms with Crippen LogP contribution in [0, 0.1) is 49.4 Å². The number of hydrogen-bond donors (Lipinski definition) is 1. The van der Waals surface area contributed by atoms with Gasteiger partial charge in [-0.25, -0.2) is 14.8 Å². The Hall–Kier alpha value is -8.04. The van der Waals surface area contributed by atoms with Crippen LogP contribution in [0.2, 0.25) is 0 Å². The van der Waals surface area contributed by atoms with E-state index in [0.29, 0.717) is 6.61 Å². The van der Waals surface area contributed by atoms with E-state index in [1.165, 1.54) is 31.2 Å². The van der Waals surface area contributed by atoms with Gasteiger partial charge >= 0.3 is 11.9 Å². The zero-order valence-electron chi connectivity index (χ0n) is 40.0. The molecule has 0 aliphatic heterocycles. The normalized spacial score (nSPS) is 10.7. The first-order valence-electron chi connectivity index (χ1n) is 22.9. The molecule has 0 aromatic heterocycles. The Morgan fingerprint density at radius 3 is 1.46 bits per heavy atom. The standard InChI is InChI=1S/C56H46O18/c1-4-5-6-7-10-13-36-60-47-30-25-44(26-31-47)56-49-34-18-40(3)37-51(49)55(50-35-29-46(38-52(50)56)43-23-21-42(22-24-43)41-19-16-39(2)17-20-41)45-27-32-48(33-28-45)61-53(57)14-11-8-9-12-15-54(58)62-64-66-68-70-72-74-73-71-69-67-65-63-59/h16-35,37-38,59H,4-7,10,13,36H2,1-3H3. The van der Waals surface area contributed by atoms with Crippen molar-refractivity contribution in [2.75, 3.05) is 6.61 Å². The molecule has 7 aromatic carbocycles. The Balaban J connectivity index is 1.06. The molecule has 7 aromatic rings. The van der Waals surface area contributed by atoms with E-state index in [9.17, 15) is 9.59 Å². The van der Waals surface area contributed by atoms with Gasteiger partial charge in [0, 0.05) is 42.1 Å². The number of esters is 1. The van der Waals surface area contributed by atoms with Gasteiger partial charge < -0.3 is 9.47 Å². The summed E-state index contributed by atoms with van der Waals surface area (Å²) in [6.07, 6.45) is 7.20. The number of aryl methyl sites for hydroxylation is 2. The van der Waals surface area contributed by atoms with E-state index >= 15 is 0 Å². The van der Waals surface area contributed by atoms with Gasteiger partial charge in [0.2, 0.25) is 0 Å². The summed E-state index contributed by atoms with van der Waals surface area (Å²) in [5.74, 6) is 12.1. The number of ether oxygens (including phenoxy) is 2. The molecule has 0 saturated heterocycles. The number of unbranched alkanes of at least 4 members (excludes halogenated alkanes) is 5. The molecule has 7 rings (SSSR count). The monoisotopic (exact) mass is 1010 g/mol. The lowest BCUT2D eigenvalue weighted by atomic mass is 9.84. The number of hydrogen-bond acceptors (Lipinski definition) is 18. The summed E-state index contributed by atoms with van der Waals surface area (Å²) in [7, 11) is 0. The molecule has 1 N–H and O–H groups in total. The van der Waals surface area contributed by atoms with Crippen molar-refractivity contribution in [2.24, 2.45) is 0 Å². The molecule has 18 heteroatoms. The molecule has 0 atom stereocenters. The lowest BCUT2D eigenvalue weighted by Crippen LogP contribution is -2.06. The molecular weight excluding hydrogens is 961 g/mol. The average molecular weight is 1010 g/mol. The van der Waals surface area contributed by atoms with Crippen LogP contribution < -0.4 is 9.47 Å². The van der Waals surface area contributed by atoms with Gasteiger partial charge in [-0.2, -0.15) is 0 Å². The second-order valence-electron chi connectivity index (χ2n) is 16.0. The summed E-state index contributed by atoms with van der Waals surface area (Å²) in [4.78, 5) is 28.3. The summed E-state index contributed by atoms with van der Waals surface area (Å²) in [5, 5.41) is 54.7. The van der Waals surface area contributed by atoms with Crippen LogP contribution >= 0.6 is 0 Å². The molecular formula is C56H46O18. The van der Waals surface area contributed by atoms with E-state index in [4.69, 9.17) is 14.7 Å². The fourth-order valence-electron chi connectivity index (χ4n) is 7.76. The van der Waals surface area contributed by atoms with Crippen molar-refractivity contribution in [3.05, 3.63) is 145 Å². The van der Waals surface area contributed by atoms with Crippen LogP contribution in [-0.4, -0.2) is 23.8 Å². The Morgan fingerprint density at radius 1 is 0.419 bits per heavy atom. The molecule has 0 aliphatic rings. The van der Waals surface area contributed by atoms with Gasteiger partial charge in [-0.05, 0) is 171 Å². The van der Waals surface area contributed by atoms with Gasteiger partial charge in [0.1, 0.15) is 11.5 Å². The third kappa shape index (κ3) is 16.0. The molecule has 0 aliphatic carbocycles. The van der Waals surface area contributed by atoms with Crippen molar-refractivity contribution >= 4 is 33.5 Å². The van der Waals surface area contributed by atoms with Gasteiger partial charge in [0.05, 0.1) is 6.61 Å². The summed E-state index contributed by atoms with van der Waals surface area (Å²) >= 11 is 0. The Bertz CT molecular complexity index is 3160. The summed E-state index contributed by atoms with van der Waals surface area (Å²) in [6, 6.07) is 46.1. The lowest BCUT2D eigenvalue weighted by Gasteiger charge is -2.19. The molecule has 18 nitrogen and oxygen atoms in total. The molecule has 0 spiro atoms. The predicted molar refractivity (Wildman–Crippen MR) is 262 cm³/mol. The topological polar surface area (TPSA) is 193 Å². The quantitative estimate of drug-likeness (QED) is 0.00829. The zero-order chi connectivity index (χ0) is 51.7. The minimum absolute atomic E-state index is 0.264. The highest BCUT2D eigenvalue weighted by Gasteiger charge is 2.19. The molecule has 0 heterocycles. The highest BCUT2D eigenvalue weighted by molar-refractivity contribution is 6.22. The predicted octanol–water partition coefficient (Wildman–Crippen LogP) is 12.1.